The molecule has 1 aromatic heterocycles. The number of likely N-dealkylation sites (tertiary alicyclic amines) is 1. The van der Waals surface area contributed by atoms with E-state index in [9.17, 15) is 13.2 Å². The average Bonchev–Trinajstić information content (AvgIpc) is 3.42. The van der Waals surface area contributed by atoms with Crippen LogP contribution in [0.4, 0.5) is 0 Å². The second-order valence-electron chi connectivity index (χ2n) is 8.16. The Balaban J connectivity index is 1.40. The van der Waals surface area contributed by atoms with Crippen LogP contribution in [0.5, 0.6) is 0 Å². The number of hydrogen-bond acceptors (Lipinski definition) is 4. The summed E-state index contributed by atoms with van der Waals surface area (Å²) >= 11 is 0. The smallest absolute Gasteiger partial charge is 0.243 e. The van der Waals surface area contributed by atoms with Crippen LogP contribution < -0.4 is 0 Å². The maximum Gasteiger partial charge on any atom is 0.243 e. The lowest BCUT2D eigenvalue weighted by atomic mass is 10.1. The zero-order chi connectivity index (χ0) is 21.3. The van der Waals surface area contributed by atoms with E-state index in [0.717, 1.165) is 19.4 Å². The van der Waals surface area contributed by atoms with Crippen LogP contribution in [0.1, 0.15) is 31.5 Å². The molecule has 0 aliphatic carbocycles. The number of piperazine rings is 1. The third kappa shape index (κ3) is 3.91. The second kappa shape index (κ2) is 8.53. The van der Waals surface area contributed by atoms with Crippen molar-refractivity contribution in [3.63, 3.8) is 0 Å². The summed E-state index contributed by atoms with van der Waals surface area (Å²) < 4.78 is 29.3. The first-order valence-corrected chi connectivity index (χ1v) is 12.0. The number of sulfonamides is 1. The molecule has 4 rings (SSSR count). The summed E-state index contributed by atoms with van der Waals surface area (Å²) in [6.07, 6.45) is 4.18. The highest BCUT2D eigenvalue weighted by Crippen LogP contribution is 2.34. The Hall–Kier alpha value is -2.16. The van der Waals surface area contributed by atoms with E-state index in [1.807, 2.05) is 31.1 Å². The summed E-state index contributed by atoms with van der Waals surface area (Å²) in [5.74, 6) is 0.0906. The highest BCUT2D eigenvalue weighted by atomic mass is 32.2. The molecule has 2 atom stereocenters. The number of amides is 1. The molecule has 3 heterocycles. The van der Waals surface area contributed by atoms with Gasteiger partial charge in [0.05, 0.1) is 17.0 Å². The van der Waals surface area contributed by atoms with E-state index in [4.69, 9.17) is 0 Å². The Kier molecular flexibility index (Phi) is 5.99. The molecule has 1 aromatic carbocycles. The van der Waals surface area contributed by atoms with Crippen LogP contribution in [0, 0.1) is 0 Å². The van der Waals surface area contributed by atoms with E-state index < -0.39 is 10.0 Å². The Morgan fingerprint density at radius 3 is 2.33 bits per heavy atom. The Labute approximate surface area is 178 Å². The maximum absolute atomic E-state index is 13.2. The van der Waals surface area contributed by atoms with Gasteiger partial charge in [0, 0.05) is 45.1 Å². The summed E-state index contributed by atoms with van der Waals surface area (Å²) in [6.45, 7) is 4.41. The number of nitrogens with zero attached hydrogens (tertiary/aromatic N) is 4. The fourth-order valence-electron chi connectivity index (χ4n) is 4.69. The molecule has 2 fully saturated rings. The summed E-state index contributed by atoms with van der Waals surface area (Å²) in [5.41, 5.74) is 1.24. The SMILES string of the molecule is CC(C(=O)N1CCN(S(=O)(=O)c2ccccc2)CC1)N1CCCC1c1cccn1C. The quantitative estimate of drug-likeness (QED) is 0.729. The van der Waals surface area contributed by atoms with E-state index in [1.54, 1.807) is 30.3 Å². The highest BCUT2D eigenvalue weighted by Gasteiger charge is 2.37. The van der Waals surface area contributed by atoms with Gasteiger partial charge < -0.3 is 9.47 Å². The molecule has 0 bridgehead atoms. The lowest BCUT2D eigenvalue weighted by Gasteiger charge is -2.38. The third-order valence-corrected chi connectivity index (χ3v) is 8.32. The number of carbonyl (C=O) groups is 1. The average molecular weight is 431 g/mol. The van der Waals surface area contributed by atoms with Crippen LogP contribution in [0.25, 0.3) is 0 Å². The molecular weight excluding hydrogens is 400 g/mol. The van der Waals surface area contributed by atoms with Crippen molar-refractivity contribution < 1.29 is 13.2 Å². The molecule has 0 N–H and O–H groups in total. The minimum atomic E-state index is -3.51. The fraction of sp³-hybridized carbons (Fsp3) is 0.500. The van der Waals surface area contributed by atoms with Crippen molar-refractivity contribution in [2.24, 2.45) is 7.05 Å². The van der Waals surface area contributed by atoms with Crippen LogP contribution in [0.15, 0.2) is 53.6 Å². The molecule has 0 spiro atoms. The molecular formula is C22H30N4O3S. The van der Waals surface area contributed by atoms with E-state index in [-0.39, 0.29) is 18.0 Å². The van der Waals surface area contributed by atoms with Gasteiger partial charge in [-0.2, -0.15) is 4.31 Å². The predicted octanol–water partition coefficient (Wildman–Crippen LogP) is 2.08. The number of carbonyl (C=O) groups excluding carboxylic acids is 1. The minimum Gasteiger partial charge on any atom is -0.353 e. The molecule has 30 heavy (non-hydrogen) atoms. The van der Waals surface area contributed by atoms with Crippen molar-refractivity contribution in [1.29, 1.82) is 0 Å². The zero-order valence-electron chi connectivity index (χ0n) is 17.6. The van der Waals surface area contributed by atoms with Gasteiger partial charge in [0.15, 0.2) is 0 Å². The molecule has 2 aliphatic rings. The van der Waals surface area contributed by atoms with Crippen molar-refractivity contribution >= 4 is 15.9 Å². The lowest BCUT2D eigenvalue weighted by Crippen LogP contribution is -2.55. The maximum atomic E-state index is 13.2. The number of aryl methyl sites for hydroxylation is 1. The van der Waals surface area contributed by atoms with Gasteiger partial charge in [0.2, 0.25) is 15.9 Å². The number of benzene rings is 1. The number of rotatable bonds is 5. The molecule has 2 aliphatic heterocycles. The Bertz CT molecular complexity index is 981. The van der Waals surface area contributed by atoms with Crippen LogP contribution in [-0.2, 0) is 21.9 Å². The number of aromatic nitrogens is 1. The minimum absolute atomic E-state index is 0.0906. The van der Waals surface area contributed by atoms with Gasteiger partial charge in [0.1, 0.15) is 0 Å². The van der Waals surface area contributed by atoms with Crippen LogP contribution in [-0.4, -0.2) is 71.8 Å². The standard InChI is InChI=1S/C22H30N4O3S/c1-18(26-13-7-11-21(26)20-10-6-12-23(20)2)22(27)24-14-16-25(17-15-24)30(28,29)19-8-4-3-5-9-19/h3-6,8-10,12,18,21H,7,11,13-17H2,1-2H3. The van der Waals surface area contributed by atoms with Crippen molar-refractivity contribution in [2.75, 3.05) is 32.7 Å². The molecule has 2 unspecified atom stereocenters. The Morgan fingerprint density at radius 2 is 1.70 bits per heavy atom. The van der Waals surface area contributed by atoms with Crippen molar-refractivity contribution in [1.82, 2.24) is 18.7 Å². The van der Waals surface area contributed by atoms with E-state index in [1.165, 1.54) is 10.00 Å². The molecule has 2 aromatic rings. The van der Waals surface area contributed by atoms with Gasteiger partial charge in [-0.05, 0) is 50.6 Å². The highest BCUT2D eigenvalue weighted by molar-refractivity contribution is 7.89. The zero-order valence-corrected chi connectivity index (χ0v) is 18.5. The van der Waals surface area contributed by atoms with Crippen LogP contribution >= 0.6 is 0 Å². The third-order valence-electron chi connectivity index (χ3n) is 6.41. The molecule has 7 nitrogen and oxygen atoms in total. The Morgan fingerprint density at radius 1 is 1.00 bits per heavy atom. The summed E-state index contributed by atoms with van der Waals surface area (Å²) in [7, 11) is -1.46. The van der Waals surface area contributed by atoms with E-state index in [0.29, 0.717) is 31.1 Å². The molecule has 8 heteroatoms. The largest absolute Gasteiger partial charge is 0.353 e. The normalized spacial score (nSPS) is 22.3. The summed E-state index contributed by atoms with van der Waals surface area (Å²) in [5, 5.41) is 0. The van der Waals surface area contributed by atoms with Gasteiger partial charge in [-0.25, -0.2) is 8.42 Å². The van der Waals surface area contributed by atoms with Crippen LogP contribution in [0.3, 0.4) is 0 Å². The molecule has 0 saturated carbocycles. The molecule has 2 saturated heterocycles. The topological polar surface area (TPSA) is 65.9 Å². The first kappa shape index (κ1) is 21.1. The van der Waals surface area contributed by atoms with Gasteiger partial charge in [-0.1, -0.05) is 18.2 Å². The van der Waals surface area contributed by atoms with Gasteiger partial charge in [-0.3, -0.25) is 9.69 Å². The second-order valence-corrected chi connectivity index (χ2v) is 10.1. The van der Waals surface area contributed by atoms with Crippen molar-refractivity contribution in [3.8, 4) is 0 Å². The van der Waals surface area contributed by atoms with Gasteiger partial charge in [0.25, 0.3) is 0 Å². The first-order valence-electron chi connectivity index (χ1n) is 10.6. The lowest BCUT2D eigenvalue weighted by molar-refractivity contribution is -0.138. The molecule has 162 valence electrons. The van der Waals surface area contributed by atoms with E-state index in [2.05, 4.69) is 15.5 Å². The van der Waals surface area contributed by atoms with Gasteiger partial charge >= 0.3 is 0 Å². The molecule has 0 radical (unpaired) electrons. The summed E-state index contributed by atoms with van der Waals surface area (Å²) in [6, 6.07) is 12.7. The summed E-state index contributed by atoms with van der Waals surface area (Å²) in [4.78, 5) is 17.6. The predicted molar refractivity (Wildman–Crippen MR) is 115 cm³/mol. The van der Waals surface area contributed by atoms with Crippen LogP contribution in [0.2, 0.25) is 0 Å². The fourth-order valence-corrected chi connectivity index (χ4v) is 6.13. The number of hydrogen-bond donors (Lipinski definition) is 0. The van der Waals surface area contributed by atoms with Gasteiger partial charge in [-0.15, -0.1) is 0 Å². The molecule has 1 amide bonds. The monoisotopic (exact) mass is 430 g/mol. The van der Waals surface area contributed by atoms with E-state index >= 15 is 0 Å². The first-order chi connectivity index (χ1) is 14.4. The van der Waals surface area contributed by atoms with Crippen molar-refractivity contribution in [3.05, 3.63) is 54.4 Å². The van der Waals surface area contributed by atoms with Crippen molar-refractivity contribution in [2.45, 2.75) is 36.7 Å².